The SMILES string of the molecule is CC(C)(CC(=O)O)c1cccc2scnc12. The fourth-order valence-electron chi connectivity index (χ4n) is 1.91. The topological polar surface area (TPSA) is 50.2 Å². The minimum absolute atomic E-state index is 0.115. The van der Waals surface area contributed by atoms with Crippen LogP contribution in [0.1, 0.15) is 25.8 Å². The van der Waals surface area contributed by atoms with Crippen LogP contribution in [-0.2, 0) is 10.2 Å². The number of carbonyl (C=O) groups is 1. The first-order valence-electron chi connectivity index (χ1n) is 5.05. The van der Waals surface area contributed by atoms with Crippen molar-refractivity contribution >= 4 is 27.5 Å². The standard InChI is InChI=1S/C12H13NO2S/c1-12(2,6-10(14)15)8-4-3-5-9-11(8)13-7-16-9/h3-5,7H,6H2,1-2H3,(H,14,15). The third-order valence-electron chi connectivity index (χ3n) is 2.68. The van der Waals surface area contributed by atoms with E-state index in [-0.39, 0.29) is 11.8 Å². The lowest BCUT2D eigenvalue weighted by Gasteiger charge is -2.23. The summed E-state index contributed by atoms with van der Waals surface area (Å²) in [6.45, 7) is 3.88. The van der Waals surface area contributed by atoms with E-state index in [4.69, 9.17) is 5.11 Å². The summed E-state index contributed by atoms with van der Waals surface area (Å²) in [7, 11) is 0. The van der Waals surface area contributed by atoms with Gasteiger partial charge in [-0.15, -0.1) is 11.3 Å². The Morgan fingerprint density at radius 2 is 2.25 bits per heavy atom. The number of carboxylic acid groups (broad SMARTS) is 1. The predicted octanol–water partition coefficient (Wildman–Crippen LogP) is 3.05. The summed E-state index contributed by atoms with van der Waals surface area (Å²) in [5.41, 5.74) is 3.34. The van der Waals surface area contributed by atoms with Gasteiger partial charge in [0.05, 0.1) is 22.1 Å². The molecule has 0 radical (unpaired) electrons. The molecule has 0 atom stereocenters. The molecule has 2 aromatic rings. The lowest BCUT2D eigenvalue weighted by atomic mass is 9.81. The number of para-hydroxylation sites is 1. The minimum Gasteiger partial charge on any atom is -0.481 e. The number of rotatable bonds is 3. The molecular formula is C12H13NO2S. The zero-order valence-electron chi connectivity index (χ0n) is 9.23. The quantitative estimate of drug-likeness (QED) is 0.889. The van der Waals surface area contributed by atoms with Gasteiger partial charge in [-0.1, -0.05) is 26.0 Å². The molecule has 1 N–H and O–H groups in total. The Bertz CT molecular complexity index is 531. The average Bonchev–Trinajstić information content (AvgIpc) is 2.62. The highest BCUT2D eigenvalue weighted by Gasteiger charge is 2.26. The first-order chi connectivity index (χ1) is 7.50. The minimum atomic E-state index is -0.780. The Morgan fingerprint density at radius 1 is 1.50 bits per heavy atom. The molecule has 0 aliphatic carbocycles. The average molecular weight is 235 g/mol. The molecule has 0 amide bonds. The van der Waals surface area contributed by atoms with E-state index in [2.05, 4.69) is 4.98 Å². The Morgan fingerprint density at radius 3 is 2.94 bits per heavy atom. The highest BCUT2D eigenvalue weighted by Crippen LogP contribution is 2.33. The summed E-state index contributed by atoms with van der Waals surface area (Å²) in [4.78, 5) is 15.2. The van der Waals surface area contributed by atoms with Crippen LogP contribution < -0.4 is 0 Å². The highest BCUT2D eigenvalue weighted by molar-refractivity contribution is 7.16. The maximum absolute atomic E-state index is 10.8. The number of hydrogen-bond acceptors (Lipinski definition) is 3. The largest absolute Gasteiger partial charge is 0.481 e. The van der Waals surface area contributed by atoms with Gasteiger partial charge in [0.15, 0.2) is 0 Å². The van der Waals surface area contributed by atoms with E-state index in [1.165, 1.54) is 0 Å². The smallest absolute Gasteiger partial charge is 0.304 e. The van der Waals surface area contributed by atoms with Gasteiger partial charge in [-0.25, -0.2) is 4.98 Å². The van der Waals surface area contributed by atoms with Gasteiger partial charge >= 0.3 is 5.97 Å². The van der Waals surface area contributed by atoms with Gasteiger partial charge in [0.2, 0.25) is 0 Å². The lowest BCUT2D eigenvalue weighted by molar-refractivity contribution is -0.138. The van der Waals surface area contributed by atoms with Gasteiger partial charge in [0.1, 0.15) is 0 Å². The van der Waals surface area contributed by atoms with E-state index in [1.54, 1.807) is 16.8 Å². The second-order valence-electron chi connectivity index (χ2n) is 4.46. The number of hydrogen-bond donors (Lipinski definition) is 1. The number of thiazole rings is 1. The number of carboxylic acids is 1. The van der Waals surface area contributed by atoms with Crippen molar-refractivity contribution in [3.8, 4) is 0 Å². The number of aliphatic carboxylic acids is 1. The second-order valence-corrected chi connectivity index (χ2v) is 5.35. The molecule has 0 saturated heterocycles. The number of benzene rings is 1. The van der Waals surface area contributed by atoms with Crippen molar-refractivity contribution in [1.29, 1.82) is 0 Å². The fourth-order valence-corrected chi connectivity index (χ4v) is 2.61. The van der Waals surface area contributed by atoms with E-state index >= 15 is 0 Å². The molecule has 0 bridgehead atoms. The molecule has 1 aromatic carbocycles. The van der Waals surface area contributed by atoms with Gasteiger partial charge in [-0.05, 0) is 11.6 Å². The van der Waals surface area contributed by atoms with Crippen LogP contribution in [0, 0.1) is 0 Å². The molecule has 0 aliphatic heterocycles. The normalized spacial score (nSPS) is 11.9. The van der Waals surface area contributed by atoms with Crippen molar-refractivity contribution in [3.63, 3.8) is 0 Å². The van der Waals surface area contributed by atoms with Crippen LogP contribution >= 0.6 is 11.3 Å². The van der Waals surface area contributed by atoms with Gasteiger partial charge in [0, 0.05) is 5.41 Å². The number of fused-ring (bicyclic) bond motifs is 1. The third kappa shape index (κ3) is 1.93. The molecule has 4 heteroatoms. The van der Waals surface area contributed by atoms with E-state index in [1.807, 2.05) is 32.0 Å². The number of nitrogens with zero attached hydrogens (tertiary/aromatic N) is 1. The summed E-state index contributed by atoms with van der Waals surface area (Å²) in [5, 5.41) is 8.92. The summed E-state index contributed by atoms with van der Waals surface area (Å²) < 4.78 is 1.11. The molecular weight excluding hydrogens is 222 g/mol. The highest BCUT2D eigenvalue weighted by atomic mass is 32.1. The molecule has 16 heavy (non-hydrogen) atoms. The van der Waals surface area contributed by atoms with E-state index < -0.39 is 5.97 Å². The molecule has 0 aliphatic rings. The van der Waals surface area contributed by atoms with E-state index in [0.717, 1.165) is 15.8 Å². The van der Waals surface area contributed by atoms with Crippen LogP contribution in [0.15, 0.2) is 23.7 Å². The Balaban J connectivity index is 2.53. The second kappa shape index (κ2) is 3.87. The molecule has 0 fully saturated rings. The monoisotopic (exact) mass is 235 g/mol. The van der Waals surface area contributed by atoms with Crippen LogP contribution in [0.5, 0.6) is 0 Å². The van der Waals surface area contributed by atoms with Gasteiger partial charge < -0.3 is 5.11 Å². The zero-order valence-corrected chi connectivity index (χ0v) is 10.0. The summed E-state index contributed by atoms with van der Waals surface area (Å²) in [6.07, 6.45) is 0.115. The Hall–Kier alpha value is -1.42. The van der Waals surface area contributed by atoms with Gasteiger partial charge in [0.25, 0.3) is 0 Å². The van der Waals surface area contributed by atoms with Gasteiger partial charge in [-0.3, -0.25) is 4.79 Å². The van der Waals surface area contributed by atoms with E-state index in [0.29, 0.717) is 0 Å². The summed E-state index contributed by atoms with van der Waals surface area (Å²) in [5.74, 6) is -0.780. The molecule has 1 aromatic heterocycles. The first-order valence-corrected chi connectivity index (χ1v) is 5.93. The van der Waals surface area contributed by atoms with Crippen molar-refractivity contribution in [2.75, 3.05) is 0 Å². The zero-order chi connectivity index (χ0) is 11.8. The molecule has 0 saturated carbocycles. The van der Waals surface area contributed by atoms with Crippen molar-refractivity contribution in [2.24, 2.45) is 0 Å². The van der Waals surface area contributed by atoms with Crippen LogP contribution in [0.4, 0.5) is 0 Å². The molecule has 3 nitrogen and oxygen atoms in total. The first kappa shape index (κ1) is 11.1. The van der Waals surface area contributed by atoms with E-state index in [9.17, 15) is 4.79 Å². The molecule has 1 heterocycles. The van der Waals surface area contributed by atoms with Crippen LogP contribution in [0.25, 0.3) is 10.2 Å². The summed E-state index contributed by atoms with van der Waals surface area (Å²) in [6, 6.07) is 5.93. The third-order valence-corrected chi connectivity index (χ3v) is 3.48. The lowest BCUT2D eigenvalue weighted by Crippen LogP contribution is -2.22. The predicted molar refractivity (Wildman–Crippen MR) is 64.9 cm³/mol. The van der Waals surface area contributed by atoms with Crippen molar-refractivity contribution < 1.29 is 9.90 Å². The molecule has 2 rings (SSSR count). The maximum atomic E-state index is 10.8. The molecule has 0 unspecified atom stereocenters. The summed E-state index contributed by atoms with van der Waals surface area (Å²) >= 11 is 1.58. The number of aromatic nitrogens is 1. The Labute approximate surface area is 97.8 Å². The van der Waals surface area contributed by atoms with Crippen LogP contribution in [0.3, 0.4) is 0 Å². The van der Waals surface area contributed by atoms with Gasteiger partial charge in [-0.2, -0.15) is 0 Å². The van der Waals surface area contributed by atoms with Crippen LogP contribution in [-0.4, -0.2) is 16.1 Å². The fraction of sp³-hybridized carbons (Fsp3) is 0.333. The van der Waals surface area contributed by atoms with Crippen molar-refractivity contribution in [3.05, 3.63) is 29.3 Å². The van der Waals surface area contributed by atoms with Crippen LogP contribution in [0.2, 0.25) is 0 Å². The Kier molecular flexibility index (Phi) is 2.68. The van der Waals surface area contributed by atoms with Crippen molar-refractivity contribution in [1.82, 2.24) is 4.98 Å². The maximum Gasteiger partial charge on any atom is 0.304 e. The molecule has 84 valence electrons. The van der Waals surface area contributed by atoms with Crippen molar-refractivity contribution in [2.45, 2.75) is 25.7 Å². The molecule has 0 spiro atoms.